The van der Waals surface area contributed by atoms with Crippen LogP contribution in [0, 0.1) is 0 Å². The van der Waals surface area contributed by atoms with Crippen LogP contribution in [-0.4, -0.2) is 35.2 Å². The Balaban J connectivity index is -0.0000000904. The van der Waals surface area contributed by atoms with Gasteiger partial charge in [-0.2, -0.15) is 8.42 Å². The van der Waals surface area contributed by atoms with Gasteiger partial charge in [0.05, 0.1) is 18.4 Å². The van der Waals surface area contributed by atoms with Gasteiger partial charge < -0.3 is 11.3 Å². The van der Waals surface area contributed by atoms with Crippen LogP contribution >= 0.6 is 0 Å². The quantitative estimate of drug-likeness (QED) is 0.163. The molecule has 0 aliphatic heterocycles. The van der Waals surface area contributed by atoms with E-state index >= 15 is 0 Å². The van der Waals surface area contributed by atoms with Crippen molar-refractivity contribution in [1.82, 2.24) is 0 Å². The van der Waals surface area contributed by atoms with Gasteiger partial charge in [-0.15, -0.1) is 0 Å². The molecule has 0 rings (SSSR count). The molecule has 0 heterocycles. The van der Waals surface area contributed by atoms with Crippen LogP contribution in [0.25, 0.3) is 0 Å². The average Bonchev–Trinajstić information content (AvgIpc) is 2.00. The van der Waals surface area contributed by atoms with Crippen molar-refractivity contribution in [1.29, 1.82) is 0 Å². The minimum Gasteiger partial charge on any atom is -1.00 e. The van der Waals surface area contributed by atoms with Gasteiger partial charge in [0, 0.05) is 0 Å². The van der Waals surface area contributed by atoms with E-state index in [0.717, 1.165) is 6.26 Å². The summed E-state index contributed by atoms with van der Waals surface area (Å²) >= 11 is 0. The SMILES string of the molecule is CCOC(=O)C(C)=CO.O=S(=O)(O)O.[H-].[Na+]. The Bertz CT molecular complexity index is 292. The second kappa shape index (κ2) is 10.4. The molecule has 0 unspecified atom stereocenters. The summed E-state index contributed by atoms with van der Waals surface area (Å²) in [6.45, 7) is 3.53. The number of aliphatic hydroxyl groups excluding tert-OH is 1. The Labute approximate surface area is 111 Å². The maximum Gasteiger partial charge on any atom is 1.00 e. The fourth-order valence-electron chi connectivity index (χ4n) is 0.298. The number of hydrogen-bond donors (Lipinski definition) is 3. The van der Waals surface area contributed by atoms with E-state index in [1.54, 1.807) is 6.92 Å². The number of carbonyl (C=O) groups is 1. The van der Waals surface area contributed by atoms with Gasteiger partial charge >= 0.3 is 45.9 Å². The molecule has 0 bridgehead atoms. The minimum atomic E-state index is -4.67. The summed E-state index contributed by atoms with van der Waals surface area (Å²) in [4.78, 5) is 10.5. The molecule has 0 amide bonds. The van der Waals surface area contributed by atoms with Crippen LogP contribution in [-0.2, 0) is 19.9 Å². The zero-order chi connectivity index (χ0) is 11.8. The van der Waals surface area contributed by atoms with Gasteiger partial charge in [0.15, 0.2) is 0 Å². The summed E-state index contributed by atoms with van der Waals surface area (Å²) in [5, 5.41) is 8.27. The van der Waals surface area contributed by atoms with Crippen molar-refractivity contribution in [3.05, 3.63) is 11.8 Å². The van der Waals surface area contributed by atoms with Crippen LogP contribution in [0.4, 0.5) is 0 Å². The molecule has 0 radical (unpaired) electrons. The van der Waals surface area contributed by atoms with E-state index in [-0.39, 0.29) is 36.6 Å². The predicted octanol–water partition coefficient (Wildman–Crippen LogP) is -2.52. The smallest absolute Gasteiger partial charge is 1.00 e. The van der Waals surface area contributed by atoms with E-state index in [4.69, 9.17) is 22.6 Å². The summed E-state index contributed by atoms with van der Waals surface area (Å²) in [6.07, 6.45) is 0.734. The van der Waals surface area contributed by atoms with Crippen molar-refractivity contribution < 1.29 is 63.1 Å². The van der Waals surface area contributed by atoms with Gasteiger partial charge in [-0.05, 0) is 13.8 Å². The van der Waals surface area contributed by atoms with Crippen molar-refractivity contribution in [3.63, 3.8) is 0 Å². The maximum absolute atomic E-state index is 10.5. The largest absolute Gasteiger partial charge is 1.00 e. The second-order valence-corrected chi connectivity index (χ2v) is 2.88. The van der Waals surface area contributed by atoms with Crippen molar-refractivity contribution >= 4 is 16.4 Å². The summed E-state index contributed by atoms with van der Waals surface area (Å²) in [6, 6.07) is 0. The zero-order valence-corrected chi connectivity index (χ0v) is 11.5. The fourth-order valence-corrected chi connectivity index (χ4v) is 0.298. The molecule has 0 aliphatic carbocycles. The van der Waals surface area contributed by atoms with Gasteiger partial charge in [0.1, 0.15) is 0 Å². The van der Waals surface area contributed by atoms with Gasteiger partial charge in [-0.3, -0.25) is 9.11 Å². The normalized spacial score (nSPS) is 10.5. The van der Waals surface area contributed by atoms with E-state index in [0.29, 0.717) is 6.61 Å². The summed E-state index contributed by atoms with van der Waals surface area (Å²) < 4.78 is 36.1. The number of aliphatic hydroxyl groups is 1. The fraction of sp³-hybridized carbons (Fsp3) is 0.500. The van der Waals surface area contributed by atoms with Crippen LogP contribution in [0.1, 0.15) is 15.3 Å². The number of esters is 1. The maximum atomic E-state index is 10.5. The third-order valence-corrected chi connectivity index (χ3v) is 0.791. The number of rotatable bonds is 2. The van der Waals surface area contributed by atoms with E-state index < -0.39 is 16.4 Å². The summed E-state index contributed by atoms with van der Waals surface area (Å²) in [7, 11) is -4.67. The molecule has 9 heteroatoms. The Hall–Kier alpha value is -0.120. The van der Waals surface area contributed by atoms with Crippen LogP contribution in [0.3, 0.4) is 0 Å². The van der Waals surface area contributed by atoms with Gasteiger partial charge in [-0.1, -0.05) is 0 Å². The molecule has 0 aromatic heterocycles. The molecule has 0 saturated carbocycles. The summed E-state index contributed by atoms with van der Waals surface area (Å²) in [5.41, 5.74) is 0.219. The van der Waals surface area contributed by atoms with Crippen molar-refractivity contribution in [3.8, 4) is 0 Å². The number of carbonyl (C=O) groups excluding carboxylic acids is 1. The van der Waals surface area contributed by atoms with Gasteiger partial charge in [0.25, 0.3) is 0 Å². The molecular weight excluding hydrogens is 239 g/mol. The van der Waals surface area contributed by atoms with Gasteiger partial charge in [0.2, 0.25) is 0 Å². The molecule has 0 atom stereocenters. The third kappa shape index (κ3) is 24.8. The molecule has 0 fully saturated rings. The zero-order valence-electron chi connectivity index (χ0n) is 9.67. The molecule has 0 aromatic carbocycles. The van der Waals surface area contributed by atoms with Crippen molar-refractivity contribution in [2.45, 2.75) is 13.8 Å². The predicted molar refractivity (Wildman–Crippen MR) is 48.3 cm³/mol. The topological polar surface area (TPSA) is 121 Å². The Morgan fingerprint density at radius 3 is 2.00 bits per heavy atom. The first-order valence-corrected chi connectivity index (χ1v) is 4.80. The van der Waals surface area contributed by atoms with Crippen LogP contribution in [0.2, 0.25) is 0 Å². The first-order chi connectivity index (χ1) is 6.22. The average molecular weight is 252 g/mol. The van der Waals surface area contributed by atoms with Crippen molar-refractivity contribution in [2.75, 3.05) is 6.61 Å². The van der Waals surface area contributed by atoms with E-state index in [1.165, 1.54) is 6.92 Å². The first kappa shape index (κ1) is 20.3. The first-order valence-electron chi connectivity index (χ1n) is 3.40. The Morgan fingerprint density at radius 1 is 1.47 bits per heavy atom. The molecule has 7 nitrogen and oxygen atoms in total. The molecule has 0 saturated heterocycles. The minimum absolute atomic E-state index is 0. The Kier molecular flexibility index (Phi) is 14.1. The monoisotopic (exact) mass is 252 g/mol. The van der Waals surface area contributed by atoms with E-state index in [9.17, 15) is 4.79 Å². The standard InChI is InChI=1S/C6H10O3.Na.H2O4S.H/c1-3-9-6(8)5(2)4-7;;1-5(2,3)4;/h4,7H,3H2,1-2H3;;(H2,1,2,3,4);/q;+1;;-1. The molecule has 0 aromatic rings. The van der Waals surface area contributed by atoms with E-state index in [1.807, 2.05) is 0 Å². The van der Waals surface area contributed by atoms with Crippen LogP contribution < -0.4 is 29.6 Å². The number of ether oxygens (including phenoxy) is 1. The third-order valence-electron chi connectivity index (χ3n) is 0.791. The molecule has 3 N–H and O–H groups in total. The number of hydrogen-bond acceptors (Lipinski definition) is 5. The molecular formula is C6H13NaO7S. The summed E-state index contributed by atoms with van der Waals surface area (Å²) in [5.74, 6) is -0.472. The van der Waals surface area contributed by atoms with Crippen LogP contribution in [0.5, 0.6) is 0 Å². The van der Waals surface area contributed by atoms with Crippen LogP contribution in [0.15, 0.2) is 11.8 Å². The second-order valence-electron chi connectivity index (χ2n) is 1.98. The molecule has 0 spiro atoms. The Morgan fingerprint density at radius 2 is 1.80 bits per heavy atom. The van der Waals surface area contributed by atoms with Gasteiger partial charge in [-0.25, -0.2) is 4.79 Å². The van der Waals surface area contributed by atoms with E-state index in [2.05, 4.69) is 4.74 Å². The van der Waals surface area contributed by atoms with Crippen molar-refractivity contribution in [2.24, 2.45) is 0 Å². The molecule has 0 aliphatic rings. The molecule has 15 heavy (non-hydrogen) atoms. The molecule has 86 valence electrons.